The molecule has 104 valence electrons. The third-order valence-electron chi connectivity index (χ3n) is 3.45. The molecule has 18 heavy (non-hydrogen) atoms. The van der Waals surface area contributed by atoms with Crippen molar-refractivity contribution in [2.24, 2.45) is 17.3 Å². The molecule has 0 aromatic heterocycles. The lowest BCUT2D eigenvalue weighted by Gasteiger charge is -2.26. The zero-order valence-corrected chi connectivity index (χ0v) is 11.7. The number of hydrogen-bond donors (Lipinski definition) is 2. The van der Waals surface area contributed by atoms with E-state index < -0.39 is 11.9 Å². The first-order valence-electron chi connectivity index (χ1n) is 6.77. The number of hydrogen-bond acceptors (Lipinski definition) is 2. The molecule has 0 heterocycles. The van der Waals surface area contributed by atoms with Gasteiger partial charge in [0, 0.05) is 13.0 Å². The molecule has 1 unspecified atom stereocenters. The smallest absolute Gasteiger partial charge is 0.308 e. The van der Waals surface area contributed by atoms with Crippen LogP contribution >= 0.6 is 0 Å². The fourth-order valence-electron chi connectivity index (χ4n) is 2.25. The molecule has 1 atom stereocenters. The molecule has 4 nitrogen and oxygen atoms in total. The van der Waals surface area contributed by atoms with E-state index in [1.54, 1.807) is 0 Å². The molecule has 1 rings (SSSR count). The molecule has 0 spiro atoms. The molecule has 4 heteroatoms. The van der Waals surface area contributed by atoms with Crippen LogP contribution in [0.25, 0.3) is 0 Å². The summed E-state index contributed by atoms with van der Waals surface area (Å²) in [5.74, 6) is -0.792. The van der Waals surface area contributed by atoms with E-state index in [1.807, 2.05) is 20.8 Å². The Morgan fingerprint density at radius 2 is 1.94 bits per heavy atom. The molecule has 2 N–H and O–H groups in total. The minimum Gasteiger partial charge on any atom is -0.481 e. The zero-order chi connectivity index (χ0) is 13.8. The van der Waals surface area contributed by atoms with E-state index in [1.165, 1.54) is 6.42 Å². The van der Waals surface area contributed by atoms with Gasteiger partial charge in [0.1, 0.15) is 0 Å². The second-order valence-electron chi connectivity index (χ2n) is 6.61. The maximum atomic E-state index is 11.6. The minimum absolute atomic E-state index is 0.000130. The molecule has 1 amide bonds. The van der Waals surface area contributed by atoms with Gasteiger partial charge in [0.2, 0.25) is 5.91 Å². The Labute approximate surface area is 109 Å². The highest BCUT2D eigenvalue weighted by Crippen LogP contribution is 2.29. The number of carboxylic acid groups (broad SMARTS) is 1. The van der Waals surface area contributed by atoms with Gasteiger partial charge in [-0.25, -0.2) is 0 Å². The topological polar surface area (TPSA) is 66.4 Å². The number of rotatable bonds is 6. The number of nitrogens with one attached hydrogen (secondary N) is 1. The van der Waals surface area contributed by atoms with Crippen molar-refractivity contribution in [2.45, 2.75) is 52.9 Å². The molecule has 1 aliphatic carbocycles. The van der Waals surface area contributed by atoms with Crippen molar-refractivity contribution in [3.63, 3.8) is 0 Å². The monoisotopic (exact) mass is 255 g/mol. The number of aliphatic carboxylic acids is 1. The summed E-state index contributed by atoms with van der Waals surface area (Å²) < 4.78 is 0. The molecule has 1 aliphatic rings. The highest BCUT2D eigenvalue weighted by molar-refractivity contribution is 5.77. The van der Waals surface area contributed by atoms with Crippen molar-refractivity contribution in [3.8, 4) is 0 Å². The van der Waals surface area contributed by atoms with Crippen LogP contribution in [0.4, 0.5) is 0 Å². The van der Waals surface area contributed by atoms with E-state index in [2.05, 4.69) is 5.32 Å². The van der Waals surface area contributed by atoms with Crippen LogP contribution in [-0.4, -0.2) is 23.5 Å². The lowest BCUT2D eigenvalue weighted by Crippen LogP contribution is -2.36. The van der Waals surface area contributed by atoms with Crippen LogP contribution in [0.3, 0.4) is 0 Å². The molecule has 0 saturated heterocycles. The van der Waals surface area contributed by atoms with Gasteiger partial charge in [0.25, 0.3) is 0 Å². The second-order valence-corrected chi connectivity index (χ2v) is 6.61. The average Bonchev–Trinajstić information content (AvgIpc) is 2.16. The predicted octanol–water partition coefficient (Wildman–Crippen LogP) is 2.43. The lowest BCUT2D eigenvalue weighted by molar-refractivity contribution is -0.142. The van der Waals surface area contributed by atoms with E-state index >= 15 is 0 Å². The molecule has 0 aliphatic heterocycles. The van der Waals surface area contributed by atoms with E-state index in [9.17, 15) is 9.59 Å². The van der Waals surface area contributed by atoms with Gasteiger partial charge >= 0.3 is 5.97 Å². The van der Waals surface area contributed by atoms with Crippen molar-refractivity contribution < 1.29 is 14.7 Å². The van der Waals surface area contributed by atoms with Crippen molar-refractivity contribution in [2.75, 3.05) is 6.54 Å². The summed E-state index contributed by atoms with van der Waals surface area (Å²) in [6, 6.07) is 0. The summed E-state index contributed by atoms with van der Waals surface area (Å²) in [6.07, 6.45) is 4.63. The van der Waals surface area contributed by atoms with Crippen molar-refractivity contribution >= 4 is 11.9 Å². The van der Waals surface area contributed by atoms with Gasteiger partial charge in [0.05, 0.1) is 5.92 Å². The van der Waals surface area contributed by atoms with Gasteiger partial charge in [-0.15, -0.1) is 0 Å². The normalized spacial score (nSPS) is 17.9. The Bertz CT molecular complexity index is 303. The van der Waals surface area contributed by atoms with Gasteiger partial charge in [-0.05, 0) is 30.6 Å². The molecule has 0 aromatic carbocycles. The fourth-order valence-corrected chi connectivity index (χ4v) is 2.25. The van der Waals surface area contributed by atoms with Crippen LogP contribution in [-0.2, 0) is 9.59 Å². The van der Waals surface area contributed by atoms with Crippen LogP contribution < -0.4 is 5.32 Å². The summed E-state index contributed by atoms with van der Waals surface area (Å²) in [5, 5.41) is 11.9. The molecular weight excluding hydrogens is 230 g/mol. The van der Waals surface area contributed by atoms with Crippen molar-refractivity contribution in [1.82, 2.24) is 5.32 Å². The first kappa shape index (κ1) is 15.0. The standard InChI is InChI=1S/C14H25NO3/c1-14(2,3)8-11(13(17)18)9-15-12(16)7-10-5-4-6-10/h10-11H,4-9H2,1-3H3,(H,15,16)(H,17,18). The summed E-state index contributed by atoms with van der Waals surface area (Å²) in [4.78, 5) is 22.8. The quantitative estimate of drug-likeness (QED) is 0.766. The Morgan fingerprint density at radius 1 is 1.33 bits per heavy atom. The van der Waals surface area contributed by atoms with Crippen LogP contribution in [0.1, 0.15) is 52.9 Å². The largest absolute Gasteiger partial charge is 0.481 e. The highest BCUT2D eigenvalue weighted by Gasteiger charge is 2.26. The number of carboxylic acids is 1. The first-order valence-corrected chi connectivity index (χ1v) is 6.77. The molecular formula is C14H25NO3. The van der Waals surface area contributed by atoms with E-state index in [0.717, 1.165) is 12.8 Å². The molecule has 1 saturated carbocycles. The second kappa shape index (κ2) is 6.21. The van der Waals surface area contributed by atoms with E-state index in [4.69, 9.17) is 5.11 Å². The van der Waals surface area contributed by atoms with E-state index in [-0.39, 0.29) is 17.9 Å². The van der Waals surface area contributed by atoms with Gasteiger partial charge in [-0.1, -0.05) is 27.2 Å². The third-order valence-corrected chi connectivity index (χ3v) is 3.45. The van der Waals surface area contributed by atoms with Crippen molar-refractivity contribution in [1.29, 1.82) is 0 Å². The van der Waals surface area contributed by atoms with Gasteiger partial charge < -0.3 is 10.4 Å². The number of carbonyl (C=O) groups excluding carboxylic acids is 1. The lowest BCUT2D eigenvalue weighted by atomic mass is 9.82. The third kappa shape index (κ3) is 5.52. The summed E-state index contributed by atoms with van der Waals surface area (Å²) in [5.41, 5.74) is -0.0399. The Kier molecular flexibility index (Phi) is 5.17. The zero-order valence-electron chi connectivity index (χ0n) is 11.7. The van der Waals surface area contributed by atoms with Crippen LogP contribution in [0.15, 0.2) is 0 Å². The Hall–Kier alpha value is -1.06. The maximum absolute atomic E-state index is 11.6. The number of carbonyl (C=O) groups is 2. The average molecular weight is 255 g/mol. The predicted molar refractivity (Wildman–Crippen MR) is 70.2 cm³/mol. The van der Waals surface area contributed by atoms with Gasteiger partial charge in [-0.2, -0.15) is 0 Å². The summed E-state index contributed by atoms with van der Waals surface area (Å²) >= 11 is 0. The molecule has 0 radical (unpaired) electrons. The van der Waals surface area contributed by atoms with Crippen molar-refractivity contribution in [3.05, 3.63) is 0 Å². The molecule has 1 fully saturated rings. The Morgan fingerprint density at radius 3 is 2.33 bits per heavy atom. The molecule has 0 aromatic rings. The molecule has 0 bridgehead atoms. The van der Waals surface area contributed by atoms with Gasteiger partial charge in [-0.3, -0.25) is 9.59 Å². The first-order chi connectivity index (χ1) is 8.28. The Balaban J connectivity index is 2.32. The number of amides is 1. The SMILES string of the molecule is CC(C)(C)CC(CNC(=O)CC1CCC1)C(=O)O. The van der Waals surface area contributed by atoms with Crippen LogP contribution in [0.2, 0.25) is 0 Å². The van der Waals surface area contributed by atoms with Crippen LogP contribution in [0, 0.1) is 17.3 Å². The van der Waals surface area contributed by atoms with E-state index in [0.29, 0.717) is 18.8 Å². The highest BCUT2D eigenvalue weighted by atomic mass is 16.4. The van der Waals surface area contributed by atoms with Gasteiger partial charge in [0.15, 0.2) is 0 Å². The van der Waals surface area contributed by atoms with Crippen LogP contribution in [0.5, 0.6) is 0 Å². The minimum atomic E-state index is -0.825. The summed E-state index contributed by atoms with van der Waals surface area (Å²) in [7, 11) is 0. The fraction of sp³-hybridized carbons (Fsp3) is 0.857. The summed E-state index contributed by atoms with van der Waals surface area (Å²) in [6.45, 7) is 6.29. The maximum Gasteiger partial charge on any atom is 0.308 e.